The maximum atomic E-state index is 12.2. The van der Waals surface area contributed by atoms with Crippen molar-refractivity contribution in [2.75, 3.05) is 10.6 Å². The number of carbonyl (C=O) groups excluding carboxylic acids is 1. The topological polar surface area (TPSA) is 157 Å². The smallest absolute Gasteiger partial charge is 0.258 e. The van der Waals surface area contributed by atoms with Crippen molar-refractivity contribution >= 4 is 23.3 Å². The second-order valence-corrected chi connectivity index (χ2v) is 5.83. The molecule has 10 heteroatoms. The maximum Gasteiger partial charge on any atom is 0.258 e. The van der Waals surface area contributed by atoms with Crippen LogP contribution in [0.3, 0.4) is 0 Å². The number of aliphatic hydroxyl groups excluding tert-OH is 2. The van der Waals surface area contributed by atoms with Crippen LogP contribution < -0.4 is 10.6 Å². The van der Waals surface area contributed by atoms with Crippen LogP contribution in [0.4, 0.5) is 11.6 Å². The molecule has 0 aliphatic carbocycles. The third-order valence-electron chi connectivity index (χ3n) is 3.87. The molecule has 0 aliphatic rings. The normalized spacial score (nSPS) is 12.4. The number of aliphatic hydroxyl groups is 2. The van der Waals surface area contributed by atoms with Gasteiger partial charge in [-0.1, -0.05) is 23.4 Å². The van der Waals surface area contributed by atoms with Gasteiger partial charge in [0.1, 0.15) is 23.2 Å². The molecular formula is C19H16N6O4. The van der Waals surface area contributed by atoms with E-state index in [-0.39, 0.29) is 28.4 Å². The number of rotatable bonds is 6. The first-order valence-corrected chi connectivity index (χ1v) is 8.37. The Kier molecular flexibility index (Phi) is 5.82. The van der Waals surface area contributed by atoms with Gasteiger partial charge in [-0.05, 0) is 19.1 Å². The highest BCUT2D eigenvalue weighted by Gasteiger charge is 2.21. The summed E-state index contributed by atoms with van der Waals surface area (Å²) >= 11 is 0. The van der Waals surface area contributed by atoms with Crippen LogP contribution in [0.25, 0.3) is 5.76 Å². The zero-order valence-electron chi connectivity index (χ0n) is 15.2. The number of nitrogens with zero attached hydrogens (tertiary/aromatic N) is 4. The zero-order chi connectivity index (χ0) is 20.8. The lowest BCUT2D eigenvalue weighted by molar-refractivity contribution is 0.102. The quantitative estimate of drug-likeness (QED) is 0.280. The van der Waals surface area contributed by atoms with Gasteiger partial charge in [-0.2, -0.15) is 5.26 Å². The van der Waals surface area contributed by atoms with Gasteiger partial charge in [0.25, 0.3) is 5.91 Å². The lowest BCUT2D eigenvalue weighted by Gasteiger charge is -2.13. The average molecular weight is 392 g/mol. The first kappa shape index (κ1) is 19.5. The van der Waals surface area contributed by atoms with Crippen LogP contribution in [0.1, 0.15) is 21.7 Å². The Hall–Kier alpha value is -4.23. The van der Waals surface area contributed by atoms with Crippen molar-refractivity contribution in [1.29, 1.82) is 5.26 Å². The van der Waals surface area contributed by atoms with E-state index in [0.717, 1.165) is 0 Å². The number of benzene rings is 1. The van der Waals surface area contributed by atoms with Gasteiger partial charge < -0.3 is 25.4 Å². The first-order chi connectivity index (χ1) is 14.0. The molecule has 0 saturated heterocycles. The number of anilines is 2. The summed E-state index contributed by atoms with van der Waals surface area (Å²) in [7, 11) is 0. The number of carbonyl (C=O) groups is 1. The molecule has 4 N–H and O–H groups in total. The van der Waals surface area contributed by atoms with Crippen molar-refractivity contribution in [2.24, 2.45) is 0 Å². The SMILES string of the molecule is Cc1oncc1/C(O)=C(\C#N)C(O)Nc1ncc(C(=O)Nc2ccccc2)cn1. The van der Waals surface area contributed by atoms with Crippen LogP contribution >= 0.6 is 0 Å². The van der Waals surface area contributed by atoms with E-state index in [1.54, 1.807) is 37.3 Å². The minimum absolute atomic E-state index is 0.0450. The van der Waals surface area contributed by atoms with E-state index in [0.29, 0.717) is 5.69 Å². The summed E-state index contributed by atoms with van der Waals surface area (Å²) in [5.41, 5.74) is 0.633. The summed E-state index contributed by atoms with van der Waals surface area (Å²) in [5, 5.41) is 38.4. The van der Waals surface area contributed by atoms with Crippen LogP contribution in [0.15, 0.2) is 59.0 Å². The lowest BCUT2D eigenvalue weighted by atomic mass is 10.1. The maximum absolute atomic E-state index is 12.2. The molecule has 0 spiro atoms. The highest BCUT2D eigenvalue weighted by Crippen LogP contribution is 2.21. The third kappa shape index (κ3) is 4.55. The van der Waals surface area contributed by atoms with Crippen molar-refractivity contribution in [3.05, 3.63) is 71.4 Å². The molecule has 1 atom stereocenters. The van der Waals surface area contributed by atoms with Gasteiger partial charge >= 0.3 is 0 Å². The van der Waals surface area contributed by atoms with Gasteiger partial charge in [0.15, 0.2) is 6.23 Å². The number of aromatic nitrogens is 3. The Labute approximate surface area is 165 Å². The van der Waals surface area contributed by atoms with Crippen LogP contribution in [0, 0.1) is 18.3 Å². The molecule has 0 radical (unpaired) electrons. The van der Waals surface area contributed by atoms with Crippen molar-refractivity contribution in [1.82, 2.24) is 15.1 Å². The van der Waals surface area contributed by atoms with Gasteiger partial charge in [0.2, 0.25) is 5.95 Å². The Balaban J connectivity index is 1.71. The third-order valence-corrected chi connectivity index (χ3v) is 3.87. The second-order valence-electron chi connectivity index (χ2n) is 5.83. The average Bonchev–Trinajstić information content (AvgIpc) is 3.15. The lowest BCUT2D eigenvalue weighted by Crippen LogP contribution is -2.23. The highest BCUT2D eigenvalue weighted by atomic mass is 16.5. The number of hydrogen-bond donors (Lipinski definition) is 4. The summed E-state index contributed by atoms with van der Waals surface area (Å²) < 4.78 is 4.84. The van der Waals surface area contributed by atoms with Crippen LogP contribution in [0.5, 0.6) is 0 Å². The molecule has 2 aromatic heterocycles. The van der Waals surface area contributed by atoms with E-state index in [1.807, 2.05) is 6.07 Å². The van der Waals surface area contributed by atoms with Crippen LogP contribution in [-0.4, -0.2) is 37.5 Å². The number of nitrogens with one attached hydrogen (secondary N) is 2. The second kappa shape index (κ2) is 8.64. The minimum Gasteiger partial charge on any atom is -0.506 e. The predicted octanol–water partition coefficient (Wildman–Crippen LogP) is 2.25. The van der Waals surface area contributed by atoms with E-state index in [2.05, 4.69) is 25.8 Å². The molecule has 0 fully saturated rings. The molecule has 29 heavy (non-hydrogen) atoms. The molecule has 10 nitrogen and oxygen atoms in total. The van der Waals surface area contributed by atoms with Crippen molar-refractivity contribution in [3.63, 3.8) is 0 Å². The van der Waals surface area contributed by atoms with Crippen molar-refractivity contribution < 1.29 is 19.5 Å². The standard InChI is InChI=1S/C19H16N6O4/c1-11-15(10-23-29-11)16(26)14(7-20)18(28)25-19-21-8-12(9-22-19)17(27)24-13-5-3-2-4-6-13/h2-6,8-10,18,26,28H,1H3,(H,24,27)(H,21,22,25)/b16-14-. The fraction of sp³-hybridized carbons (Fsp3) is 0.105. The predicted molar refractivity (Wildman–Crippen MR) is 102 cm³/mol. The summed E-state index contributed by atoms with van der Waals surface area (Å²) in [5.74, 6) is -0.643. The van der Waals surface area contributed by atoms with E-state index in [9.17, 15) is 20.3 Å². The van der Waals surface area contributed by atoms with Gasteiger partial charge in [0.05, 0.1) is 17.3 Å². The van der Waals surface area contributed by atoms with E-state index in [1.165, 1.54) is 18.6 Å². The molecule has 1 aromatic carbocycles. The zero-order valence-corrected chi connectivity index (χ0v) is 15.2. The number of nitriles is 1. The largest absolute Gasteiger partial charge is 0.506 e. The van der Waals surface area contributed by atoms with E-state index in [4.69, 9.17) is 4.52 Å². The number of aryl methyl sites for hydroxylation is 1. The first-order valence-electron chi connectivity index (χ1n) is 8.37. The number of hydrogen-bond acceptors (Lipinski definition) is 9. The Morgan fingerprint density at radius 1 is 1.21 bits per heavy atom. The molecule has 2 heterocycles. The molecular weight excluding hydrogens is 376 g/mol. The van der Waals surface area contributed by atoms with Crippen LogP contribution in [-0.2, 0) is 0 Å². The fourth-order valence-electron chi connectivity index (χ4n) is 2.35. The van der Waals surface area contributed by atoms with Gasteiger partial charge in [0, 0.05) is 18.1 Å². The summed E-state index contributed by atoms with van der Waals surface area (Å²) in [6, 6.07) is 10.6. The highest BCUT2D eigenvalue weighted by molar-refractivity contribution is 6.03. The van der Waals surface area contributed by atoms with Crippen molar-refractivity contribution in [2.45, 2.75) is 13.2 Å². The number of para-hydroxylation sites is 1. The summed E-state index contributed by atoms with van der Waals surface area (Å²) in [4.78, 5) is 20.1. The van der Waals surface area contributed by atoms with Gasteiger partial charge in [-0.25, -0.2) is 9.97 Å². The van der Waals surface area contributed by atoms with Gasteiger partial charge in [-0.3, -0.25) is 4.79 Å². The van der Waals surface area contributed by atoms with Gasteiger partial charge in [-0.15, -0.1) is 0 Å². The van der Waals surface area contributed by atoms with E-state index < -0.39 is 17.9 Å². The Morgan fingerprint density at radius 3 is 2.48 bits per heavy atom. The Bertz CT molecular complexity index is 1070. The summed E-state index contributed by atoms with van der Waals surface area (Å²) in [6.45, 7) is 1.55. The molecule has 146 valence electrons. The number of amides is 1. The Morgan fingerprint density at radius 2 is 1.90 bits per heavy atom. The fourth-order valence-corrected chi connectivity index (χ4v) is 2.35. The minimum atomic E-state index is -1.60. The molecule has 3 rings (SSSR count). The summed E-state index contributed by atoms with van der Waals surface area (Å²) in [6.07, 6.45) is 2.16. The molecule has 1 unspecified atom stereocenters. The molecule has 0 aliphatic heterocycles. The monoisotopic (exact) mass is 392 g/mol. The van der Waals surface area contributed by atoms with Crippen molar-refractivity contribution in [3.8, 4) is 6.07 Å². The van der Waals surface area contributed by atoms with Crippen LogP contribution in [0.2, 0.25) is 0 Å². The molecule has 1 amide bonds. The molecule has 0 bridgehead atoms. The molecule has 0 saturated carbocycles. The molecule has 3 aromatic rings. The van der Waals surface area contributed by atoms with E-state index >= 15 is 0 Å².